The van der Waals surface area contributed by atoms with Gasteiger partial charge in [-0.15, -0.1) is 0 Å². The largest absolute Gasteiger partial charge is 0.357 e. The molecule has 126 valence electrons. The molecular weight excluding hydrogens is 327 g/mol. The molecule has 24 heavy (non-hydrogen) atoms. The Morgan fingerprint density at radius 3 is 2.33 bits per heavy atom. The predicted octanol–water partition coefficient (Wildman–Crippen LogP) is 3.23. The van der Waals surface area contributed by atoms with E-state index in [1.54, 1.807) is 26.0 Å². The summed E-state index contributed by atoms with van der Waals surface area (Å²) in [7, 11) is 1.48. The van der Waals surface area contributed by atoms with Crippen LogP contribution in [0.15, 0.2) is 58.3 Å². The van der Waals surface area contributed by atoms with E-state index in [0.717, 1.165) is 4.90 Å². The van der Waals surface area contributed by atoms with Crippen LogP contribution in [0.25, 0.3) is 0 Å². The van der Waals surface area contributed by atoms with Crippen LogP contribution < -0.4 is 10.6 Å². The molecule has 0 saturated carbocycles. The zero-order chi connectivity index (χ0) is 17.7. The van der Waals surface area contributed by atoms with Crippen molar-refractivity contribution in [1.29, 1.82) is 0 Å². The van der Waals surface area contributed by atoms with Gasteiger partial charge in [0.15, 0.2) is 0 Å². The number of carbonyl (C=O) groups is 2. The third-order valence-corrected chi connectivity index (χ3v) is 4.46. The monoisotopic (exact) mass is 346 g/mol. The lowest BCUT2D eigenvalue weighted by molar-refractivity contribution is -0.125. The second-order valence-electron chi connectivity index (χ2n) is 5.69. The van der Waals surface area contributed by atoms with E-state index in [1.807, 2.05) is 30.3 Å². The molecule has 0 aliphatic carbocycles. The van der Waals surface area contributed by atoms with Crippen LogP contribution in [-0.2, 0) is 4.79 Å². The maximum absolute atomic E-state index is 14.3. The number of rotatable bonds is 5. The molecule has 2 N–H and O–H groups in total. The number of carbonyl (C=O) groups excluding carboxylic acids is 2. The second-order valence-corrected chi connectivity index (χ2v) is 6.80. The first-order valence-electron chi connectivity index (χ1n) is 7.41. The molecule has 4 nitrogen and oxygen atoms in total. The standard InChI is InChI=1S/C18H19FN2O2S/c1-18(2,17(23)20-3)21-16(22)15-13(19)10-7-11-14(15)24-12-8-5-4-6-9-12/h4-11H,1-3H3,(H,20,23)(H,21,22). The minimum absolute atomic E-state index is 0.0664. The SMILES string of the molecule is CNC(=O)C(C)(C)NC(=O)c1c(F)cccc1Sc1ccccc1. The molecule has 0 atom stereocenters. The lowest BCUT2D eigenvalue weighted by Gasteiger charge is -2.24. The van der Waals surface area contributed by atoms with Gasteiger partial charge in [0.2, 0.25) is 5.91 Å². The van der Waals surface area contributed by atoms with Gasteiger partial charge in [-0.3, -0.25) is 9.59 Å². The van der Waals surface area contributed by atoms with Crippen molar-refractivity contribution < 1.29 is 14.0 Å². The van der Waals surface area contributed by atoms with Gasteiger partial charge < -0.3 is 10.6 Å². The van der Waals surface area contributed by atoms with E-state index in [0.29, 0.717) is 4.90 Å². The number of nitrogens with one attached hydrogen (secondary N) is 2. The fourth-order valence-electron chi connectivity index (χ4n) is 2.14. The molecular formula is C18H19FN2O2S. The van der Waals surface area contributed by atoms with Crippen molar-refractivity contribution in [3.63, 3.8) is 0 Å². The Labute approximate surface area is 144 Å². The van der Waals surface area contributed by atoms with Crippen LogP contribution in [0.5, 0.6) is 0 Å². The summed E-state index contributed by atoms with van der Waals surface area (Å²) in [6.07, 6.45) is 0. The maximum atomic E-state index is 14.3. The van der Waals surface area contributed by atoms with Crippen LogP contribution in [0.4, 0.5) is 4.39 Å². The minimum atomic E-state index is -1.15. The summed E-state index contributed by atoms with van der Waals surface area (Å²) in [6, 6.07) is 13.9. The highest BCUT2D eigenvalue weighted by Crippen LogP contribution is 2.31. The third-order valence-electron chi connectivity index (χ3n) is 3.39. The summed E-state index contributed by atoms with van der Waals surface area (Å²) in [6.45, 7) is 3.13. The van der Waals surface area contributed by atoms with E-state index < -0.39 is 17.3 Å². The highest BCUT2D eigenvalue weighted by Gasteiger charge is 2.30. The zero-order valence-corrected chi connectivity index (χ0v) is 14.5. The lowest BCUT2D eigenvalue weighted by atomic mass is 10.0. The van der Waals surface area contributed by atoms with Crippen LogP contribution in [0.3, 0.4) is 0 Å². The quantitative estimate of drug-likeness (QED) is 0.874. The summed E-state index contributed by atoms with van der Waals surface area (Å²) >= 11 is 1.30. The Morgan fingerprint density at radius 1 is 1.04 bits per heavy atom. The van der Waals surface area contributed by atoms with E-state index in [9.17, 15) is 14.0 Å². The topological polar surface area (TPSA) is 58.2 Å². The van der Waals surface area contributed by atoms with Crippen molar-refractivity contribution >= 4 is 23.6 Å². The molecule has 0 fully saturated rings. The first-order valence-corrected chi connectivity index (χ1v) is 8.23. The molecule has 6 heteroatoms. The summed E-state index contributed by atoms with van der Waals surface area (Å²) in [5.41, 5.74) is -1.22. The Balaban J connectivity index is 2.32. The molecule has 2 aromatic rings. The molecule has 2 aromatic carbocycles. The molecule has 0 unspecified atom stereocenters. The van der Waals surface area contributed by atoms with Gasteiger partial charge in [-0.1, -0.05) is 36.0 Å². The fourth-order valence-corrected chi connectivity index (χ4v) is 3.13. The Morgan fingerprint density at radius 2 is 1.71 bits per heavy atom. The van der Waals surface area contributed by atoms with Gasteiger partial charge in [0, 0.05) is 16.8 Å². The summed E-state index contributed by atoms with van der Waals surface area (Å²) in [5.74, 6) is -1.61. The van der Waals surface area contributed by atoms with Crippen LogP contribution in [-0.4, -0.2) is 24.4 Å². The van der Waals surface area contributed by atoms with Gasteiger partial charge in [0.25, 0.3) is 5.91 Å². The number of hydrogen-bond acceptors (Lipinski definition) is 3. The van der Waals surface area contributed by atoms with E-state index in [2.05, 4.69) is 10.6 Å². The van der Waals surface area contributed by atoms with Crippen LogP contribution in [0, 0.1) is 5.82 Å². The first-order chi connectivity index (χ1) is 11.3. The average Bonchev–Trinajstić information content (AvgIpc) is 2.54. The number of halogens is 1. The number of hydrogen-bond donors (Lipinski definition) is 2. The molecule has 2 rings (SSSR count). The fraction of sp³-hybridized carbons (Fsp3) is 0.222. The molecule has 0 spiro atoms. The average molecular weight is 346 g/mol. The van der Waals surface area contributed by atoms with E-state index in [-0.39, 0.29) is 11.5 Å². The van der Waals surface area contributed by atoms with Gasteiger partial charge in [-0.2, -0.15) is 0 Å². The van der Waals surface area contributed by atoms with E-state index in [4.69, 9.17) is 0 Å². The first kappa shape index (κ1) is 18.0. The summed E-state index contributed by atoms with van der Waals surface area (Å²) in [5, 5.41) is 5.06. The smallest absolute Gasteiger partial charge is 0.256 e. The van der Waals surface area contributed by atoms with Gasteiger partial charge in [0.05, 0.1) is 5.56 Å². The predicted molar refractivity (Wildman–Crippen MR) is 92.6 cm³/mol. The molecule has 0 heterocycles. The number of likely N-dealkylation sites (N-methyl/N-ethyl adjacent to an activating group) is 1. The van der Waals surface area contributed by atoms with Crippen LogP contribution >= 0.6 is 11.8 Å². The normalized spacial score (nSPS) is 11.0. The van der Waals surface area contributed by atoms with Crippen molar-refractivity contribution in [2.24, 2.45) is 0 Å². The van der Waals surface area contributed by atoms with Gasteiger partial charge in [-0.25, -0.2) is 4.39 Å². The van der Waals surface area contributed by atoms with E-state index >= 15 is 0 Å². The number of amides is 2. The van der Waals surface area contributed by atoms with Crippen molar-refractivity contribution in [3.8, 4) is 0 Å². The van der Waals surface area contributed by atoms with E-state index in [1.165, 1.54) is 24.9 Å². The van der Waals surface area contributed by atoms with Gasteiger partial charge in [-0.05, 0) is 38.1 Å². The maximum Gasteiger partial charge on any atom is 0.256 e. The van der Waals surface area contributed by atoms with Crippen LogP contribution in [0.2, 0.25) is 0 Å². The Hall–Kier alpha value is -2.34. The lowest BCUT2D eigenvalue weighted by Crippen LogP contribution is -2.54. The Kier molecular flexibility index (Phi) is 5.62. The van der Waals surface area contributed by atoms with Gasteiger partial charge in [0.1, 0.15) is 11.4 Å². The number of benzene rings is 2. The molecule has 0 aliphatic heterocycles. The van der Waals surface area contributed by atoms with Crippen molar-refractivity contribution in [3.05, 3.63) is 59.9 Å². The highest BCUT2D eigenvalue weighted by molar-refractivity contribution is 7.99. The summed E-state index contributed by atoms with van der Waals surface area (Å²) < 4.78 is 14.3. The molecule has 0 bridgehead atoms. The van der Waals surface area contributed by atoms with Crippen molar-refractivity contribution in [2.75, 3.05) is 7.05 Å². The zero-order valence-electron chi connectivity index (χ0n) is 13.7. The molecule has 2 amide bonds. The minimum Gasteiger partial charge on any atom is -0.357 e. The van der Waals surface area contributed by atoms with Crippen molar-refractivity contribution in [1.82, 2.24) is 10.6 Å². The van der Waals surface area contributed by atoms with Crippen molar-refractivity contribution in [2.45, 2.75) is 29.2 Å². The molecule has 0 aromatic heterocycles. The third kappa shape index (κ3) is 4.14. The molecule has 0 aliphatic rings. The van der Waals surface area contributed by atoms with Crippen LogP contribution in [0.1, 0.15) is 24.2 Å². The summed E-state index contributed by atoms with van der Waals surface area (Å²) in [4.78, 5) is 25.8. The second kappa shape index (κ2) is 7.49. The highest BCUT2D eigenvalue weighted by atomic mass is 32.2. The Bertz CT molecular complexity index is 748. The van der Waals surface area contributed by atoms with Gasteiger partial charge >= 0.3 is 0 Å². The molecule has 0 radical (unpaired) electrons. The molecule has 0 saturated heterocycles.